The van der Waals surface area contributed by atoms with Gasteiger partial charge in [0.25, 0.3) is 0 Å². The molecule has 0 aromatic heterocycles. The summed E-state index contributed by atoms with van der Waals surface area (Å²) in [4.78, 5) is 37.2. The van der Waals surface area contributed by atoms with Gasteiger partial charge in [0.05, 0.1) is 20.6 Å². The van der Waals surface area contributed by atoms with Crippen LogP contribution in [-0.4, -0.2) is 61.1 Å². The van der Waals surface area contributed by atoms with Crippen molar-refractivity contribution in [3.8, 4) is 5.75 Å². The molecule has 1 aromatic rings. The van der Waals surface area contributed by atoms with Crippen molar-refractivity contribution < 1.29 is 23.9 Å². The molecule has 1 fully saturated rings. The van der Waals surface area contributed by atoms with E-state index >= 15 is 0 Å². The first kappa shape index (κ1) is 20.4. The van der Waals surface area contributed by atoms with Gasteiger partial charge < -0.3 is 19.7 Å². The predicted octanol–water partition coefficient (Wildman–Crippen LogP) is 0.473. The maximum absolute atomic E-state index is 12.1. The molecule has 1 atom stereocenters. The minimum atomic E-state index is -0.815. The van der Waals surface area contributed by atoms with Gasteiger partial charge in [-0.2, -0.15) is 0 Å². The molecule has 1 heterocycles. The van der Waals surface area contributed by atoms with E-state index < -0.39 is 17.9 Å². The van der Waals surface area contributed by atoms with Crippen LogP contribution in [0.15, 0.2) is 30.3 Å². The highest BCUT2D eigenvalue weighted by Crippen LogP contribution is 2.13. The van der Waals surface area contributed by atoms with E-state index in [1.54, 1.807) is 25.3 Å². The summed E-state index contributed by atoms with van der Waals surface area (Å²) in [5, 5.41) is 5.32. The Balaban J connectivity index is 1.98. The number of amides is 2. The molecule has 27 heavy (non-hydrogen) atoms. The Bertz CT molecular complexity index is 748. The van der Waals surface area contributed by atoms with E-state index in [1.165, 1.54) is 18.1 Å². The Kier molecular flexibility index (Phi) is 7.30. The van der Waals surface area contributed by atoms with Gasteiger partial charge in [-0.3, -0.25) is 19.7 Å². The SMILES string of the molecule is COC(=O)CC1C(=O)NCCN1C(=S)NC(=O)C=Cc1ccc(OC)cc1. The van der Waals surface area contributed by atoms with Crippen LogP contribution in [0, 0.1) is 0 Å². The molecule has 9 heteroatoms. The van der Waals surface area contributed by atoms with E-state index in [0.717, 1.165) is 11.3 Å². The molecular formula is C18H21N3O5S. The topological polar surface area (TPSA) is 97.0 Å². The fraction of sp³-hybridized carbons (Fsp3) is 0.333. The lowest BCUT2D eigenvalue weighted by Gasteiger charge is -2.35. The number of piperazine rings is 1. The first-order valence-corrected chi connectivity index (χ1v) is 8.63. The van der Waals surface area contributed by atoms with E-state index in [2.05, 4.69) is 15.4 Å². The van der Waals surface area contributed by atoms with Crippen LogP contribution in [0.3, 0.4) is 0 Å². The van der Waals surface area contributed by atoms with Gasteiger partial charge in [0, 0.05) is 19.2 Å². The quantitative estimate of drug-likeness (QED) is 0.428. The summed E-state index contributed by atoms with van der Waals surface area (Å²) >= 11 is 5.24. The maximum Gasteiger partial charge on any atom is 0.308 e. The van der Waals surface area contributed by atoms with E-state index in [4.69, 9.17) is 17.0 Å². The highest BCUT2D eigenvalue weighted by molar-refractivity contribution is 7.80. The van der Waals surface area contributed by atoms with Crippen LogP contribution in [0.25, 0.3) is 6.08 Å². The molecule has 144 valence electrons. The number of carbonyl (C=O) groups is 3. The summed E-state index contributed by atoms with van der Waals surface area (Å²) in [6, 6.07) is 6.37. The summed E-state index contributed by atoms with van der Waals surface area (Å²) in [6.45, 7) is 0.753. The number of esters is 1. The minimum Gasteiger partial charge on any atom is -0.497 e. The van der Waals surface area contributed by atoms with Crippen molar-refractivity contribution in [1.82, 2.24) is 15.5 Å². The highest BCUT2D eigenvalue weighted by Gasteiger charge is 2.33. The molecule has 2 N–H and O–H groups in total. The molecule has 2 amide bonds. The Morgan fingerprint density at radius 1 is 1.33 bits per heavy atom. The first-order valence-electron chi connectivity index (χ1n) is 8.23. The van der Waals surface area contributed by atoms with Gasteiger partial charge in [0.1, 0.15) is 11.8 Å². The maximum atomic E-state index is 12.1. The van der Waals surface area contributed by atoms with Gasteiger partial charge in [0.2, 0.25) is 11.8 Å². The zero-order valence-corrected chi connectivity index (χ0v) is 15.9. The standard InChI is InChI=1S/C18H21N3O5S/c1-25-13-6-3-12(4-7-13)5-8-15(22)20-18(27)21-10-9-19-17(24)14(21)11-16(23)26-2/h3-8,14H,9-11H2,1-2H3,(H,19,24)(H,20,22,27). The van der Waals surface area contributed by atoms with Crippen molar-refractivity contribution in [1.29, 1.82) is 0 Å². The zero-order valence-electron chi connectivity index (χ0n) is 15.1. The molecule has 0 bridgehead atoms. The number of ether oxygens (including phenoxy) is 2. The third-order valence-corrected chi connectivity index (χ3v) is 4.29. The first-order chi connectivity index (χ1) is 12.9. The summed E-state index contributed by atoms with van der Waals surface area (Å²) in [5.74, 6) is -0.580. The second kappa shape index (κ2) is 9.67. The van der Waals surface area contributed by atoms with Crippen LogP contribution in [-0.2, 0) is 19.1 Å². The van der Waals surface area contributed by atoms with Crippen LogP contribution >= 0.6 is 12.2 Å². The van der Waals surface area contributed by atoms with Crippen molar-refractivity contribution in [2.24, 2.45) is 0 Å². The molecule has 0 radical (unpaired) electrons. The van der Waals surface area contributed by atoms with Gasteiger partial charge in [-0.05, 0) is 36.0 Å². The zero-order chi connectivity index (χ0) is 19.8. The average Bonchev–Trinajstić information content (AvgIpc) is 2.68. The number of nitrogens with one attached hydrogen (secondary N) is 2. The fourth-order valence-corrected chi connectivity index (χ4v) is 2.83. The Morgan fingerprint density at radius 3 is 2.67 bits per heavy atom. The monoisotopic (exact) mass is 391 g/mol. The molecule has 1 saturated heterocycles. The van der Waals surface area contributed by atoms with Crippen molar-refractivity contribution in [2.75, 3.05) is 27.3 Å². The molecule has 1 aromatic carbocycles. The Labute approximate surface area is 162 Å². The number of hydrogen-bond acceptors (Lipinski definition) is 6. The number of nitrogens with zero attached hydrogens (tertiary/aromatic N) is 1. The third-order valence-electron chi connectivity index (χ3n) is 3.95. The van der Waals surface area contributed by atoms with Gasteiger partial charge in [-0.25, -0.2) is 0 Å². The molecule has 0 saturated carbocycles. The number of thiocarbonyl (C=S) groups is 1. The van der Waals surface area contributed by atoms with Crippen LogP contribution < -0.4 is 15.4 Å². The van der Waals surface area contributed by atoms with Crippen LogP contribution in [0.5, 0.6) is 5.75 Å². The van der Waals surface area contributed by atoms with Crippen molar-refractivity contribution in [2.45, 2.75) is 12.5 Å². The number of hydrogen-bond donors (Lipinski definition) is 2. The molecule has 1 aliphatic rings. The molecule has 2 rings (SSSR count). The van der Waals surface area contributed by atoms with E-state index in [0.29, 0.717) is 13.1 Å². The predicted molar refractivity (Wildman–Crippen MR) is 103 cm³/mol. The fourth-order valence-electron chi connectivity index (χ4n) is 2.51. The molecule has 1 aliphatic heterocycles. The number of benzene rings is 1. The largest absolute Gasteiger partial charge is 0.497 e. The Hall–Kier alpha value is -2.94. The smallest absolute Gasteiger partial charge is 0.308 e. The molecule has 1 unspecified atom stereocenters. The second-order valence-corrected chi connectivity index (χ2v) is 6.07. The number of rotatable bonds is 5. The lowest BCUT2D eigenvalue weighted by atomic mass is 10.1. The normalized spacial score (nSPS) is 16.6. The van der Waals surface area contributed by atoms with Crippen LogP contribution in [0.4, 0.5) is 0 Å². The Morgan fingerprint density at radius 2 is 2.04 bits per heavy atom. The highest BCUT2D eigenvalue weighted by atomic mass is 32.1. The van der Waals surface area contributed by atoms with E-state index in [-0.39, 0.29) is 17.4 Å². The minimum absolute atomic E-state index is 0.0862. The summed E-state index contributed by atoms with van der Waals surface area (Å²) in [7, 11) is 2.82. The number of methoxy groups -OCH3 is 2. The van der Waals surface area contributed by atoms with Gasteiger partial charge in [-0.1, -0.05) is 12.1 Å². The van der Waals surface area contributed by atoms with Crippen LogP contribution in [0.1, 0.15) is 12.0 Å². The van der Waals surface area contributed by atoms with Gasteiger partial charge in [0.15, 0.2) is 5.11 Å². The lowest BCUT2D eigenvalue weighted by molar-refractivity contribution is -0.144. The average molecular weight is 391 g/mol. The van der Waals surface area contributed by atoms with Crippen molar-refractivity contribution >= 4 is 41.2 Å². The van der Waals surface area contributed by atoms with Gasteiger partial charge in [-0.15, -0.1) is 0 Å². The second-order valence-electron chi connectivity index (χ2n) is 5.68. The summed E-state index contributed by atoms with van der Waals surface area (Å²) in [5.41, 5.74) is 0.817. The van der Waals surface area contributed by atoms with Gasteiger partial charge >= 0.3 is 5.97 Å². The molecule has 0 aliphatic carbocycles. The molecule has 0 spiro atoms. The molecular weight excluding hydrogens is 370 g/mol. The van der Waals surface area contributed by atoms with E-state index in [9.17, 15) is 14.4 Å². The third kappa shape index (κ3) is 5.78. The van der Waals surface area contributed by atoms with Crippen LogP contribution in [0.2, 0.25) is 0 Å². The number of carbonyl (C=O) groups excluding carboxylic acids is 3. The lowest BCUT2D eigenvalue weighted by Crippen LogP contribution is -2.60. The van der Waals surface area contributed by atoms with E-state index in [1.807, 2.05) is 12.1 Å². The molecule has 8 nitrogen and oxygen atoms in total. The summed E-state index contributed by atoms with van der Waals surface area (Å²) in [6.07, 6.45) is 2.82. The summed E-state index contributed by atoms with van der Waals surface area (Å²) < 4.78 is 9.70. The van der Waals surface area contributed by atoms with Crippen molar-refractivity contribution in [3.63, 3.8) is 0 Å². The van der Waals surface area contributed by atoms with Crippen molar-refractivity contribution in [3.05, 3.63) is 35.9 Å².